The lowest BCUT2D eigenvalue weighted by atomic mass is 9.64. The van der Waals surface area contributed by atoms with Crippen LogP contribution in [0.1, 0.15) is 30.4 Å². The quantitative estimate of drug-likeness (QED) is 0.715. The Balaban J connectivity index is 1.48. The van der Waals surface area contributed by atoms with Crippen LogP contribution in [-0.2, 0) is 16.8 Å². The molecule has 132 valence electrons. The van der Waals surface area contributed by atoms with Crippen LogP contribution in [0.4, 0.5) is 5.69 Å². The highest BCUT2D eigenvalue weighted by Gasteiger charge is 2.45. The average Bonchev–Trinajstić information content (AvgIpc) is 3.03. The molecule has 0 radical (unpaired) electrons. The van der Waals surface area contributed by atoms with Crippen LogP contribution in [0, 0.1) is 0 Å². The standard InChI is InChI=1S/C21H20ClN3O/c22-18-9-7-17(8-10-18)21(11-4-12-21)20(26)24-19-13-23-25(15-19)14-16-5-2-1-3-6-16/h1-3,5-10,13,15H,4,11-12,14H2,(H,24,26). The van der Waals surface area contributed by atoms with Gasteiger partial charge >= 0.3 is 0 Å². The molecule has 1 amide bonds. The van der Waals surface area contributed by atoms with Gasteiger partial charge in [-0.15, -0.1) is 0 Å². The summed E-state index contributed by atoms with van der Waals surface area (Å²) >= 11 is 5.99. The van der Waals surface area contributed by atoms with E-state index in [0.29, 0.717) is 11.6 Å². The van der Waals surface area contributed by atoms with Crippen LogP contribution in [0.5, 0.6) is 0 Å². The van der Waals surface area contributed by atoms with Crippen molar-refractivity contribution in [1.29, 1.82) is 0 Å². The number of benzene rings is 2. The summed E-state index contributed by atoms with van der Waals surface area (Å²) in [5, 5.41) is 8.09. The van der Waals surface area contributed by atoms with E-state index in [1.807, 2.05) is 53.3 Å². The lowest BCUT2D eigenvalue weighted by Gasteiger charge is -2.40. The summed E-state index contributed by atoms with van der Waals surface area (Å²) in [4.78, 5) is 13.0. The van der Waals surface area contributed by atoms with Crippen LogP contribution in [0.25, 0.3) is 0 Å². The van der Waals surface area contributed by atoms with Gasteiger partial charge in [0.25, 0.3) is 0 Å². The SMILES string of the molecule is O=C(Nc1cnn(Cc2ccccc2)c1)C1(c2ccc(Cl)cc2)CCC1. The summed E-state index contributed by atoms with van der Waals surface area (Å²) in [5.41, 5.74) is 2.48. The number of anilines is 1. The number of nitrogens with zero attached hydrogens (tertiary/aromatic N) is 2. The van der Waals surface area contributed by atoms with Crippen molar-refractivity contribution in [3.8, 4) is 0 Å². The van der Waals surface area contributed by atoms with Gasteiger partial charge in [-0.1, -0.05) is 60.5 Å². The number of rotatable bonds is 5. The minimum absolute atomic E-state index is 0.0327. The molecule has 1 aliphatic carbocycles. The van der Waals surface area contributed by atoms with E-state index < -0.39 is 5.41 Å². The van der Waals surface area contributed by atoms with Gasteiger partial charge in [0, 0.05) is 11.2 Å². The molecule has 1 fully saturated rings. The minimum atomic E-state index is -0.452. The van der Waals surface area contributed by atoms with Gasteiger partial charge in [0.1, 0.15) is 0 Å². The maximum atomic E-state index is 13.0. The molecule has 0 spiro atoms. The van der Waals surface area contributed by atoms with Gasteiger partial charge in [0.05, 0.1) is 23.8 Å². The first-order chi connectivity index (χ1) is 12.7. The Labute approximate surface area is 157 Å². The Hall–Kier alpha value is -2.59. The zero-order chi connectivity index (χ0) is 18.0. The number of hydrogen-bond donors (Lipinski definition) is 1. The summed E-state index contributed by atoms with van der Waals surface area (Å²) in [6.07, 6.45) is 6.36. The Morgan fingerprint density at radius 3 is 2.50 bits per heavy atom. The highest BCUT2D eigenvalue weighted by molar-refractivity contribution is 6.30. The molecule has 1 heterocycles. The van der Waals surface area contributed by atoms with Crippen LogP contribution in [-0.4, -0.2) is 15.7 Å². The number of carbonyl (C=O) groups is 1. The fourth-order valence-electron chi connectivity index (χ4n) is 3.48. The molecular weight excluding hydrogens is 346 g/mol. The number of hydrogen-bond acceptors (Lipinski definition) is 2. The molecule has 26 heavy (non-hydrogen) atoms. The van der Waals surface area contributed by atoms with E-state index in [9.17, 15) is 4.79 Å². The van der Waals surface area contributed by atoms with E-state index in [1.54, 1.807) is 6.20 Å². The molecule has 0 aliphatic heterocycles. The first-order valence-electron chi connectivity index (χ1n) is 8.80. The number of amides is 1. The lowest BCUT2D eigenvalue weighted by molar-refractivity contribution is -0.124. The van der Waals surface area contributed by atoms with Crippen molar-refractivity contribution in [2.75, 3.05) is 5.32 Å². The second-order valence-corrected chi connectivity index (χ2v) is 7.25. The average molecular weight is 366 g/mol. The van der Waals surface area contributed by atoms with Gasteiger partial charge in [0.2, 0.25) is 5.91 Å². The van der Waals surface area contributed by atoms with Gasteiger partial charge < -0.3 is 5.32 Å². The predicted molar refractivity (Wildman–Crippen MR) is 103 cm³/mol. The van der Waals surface area contributed by atoms with Crippen molar-refractivity contribution in [3.05, 3.63) is 83.1 Å². The van der Waals surface area contributed by atoms with Crippen molar-refractivity contribution in [1.82, 2.24) is 9.78 Å². The summed E-state index contributed by atoms with van der Waals surface area (Å²) in [7, 11) is 0. The highest BCUT2D eigenvalue weighted by Crippen LogP contribution is 2.44. The third-order valence-electron chi connectivity index (χ3n) is 5.12. The molecule has 1 N–H and O–H groups in total. The van der Waals surface area contributed by atoms with Crippen molar-refractivity contribution >= 4 is 23.2 Å². The van der Waals surface area contributed by atoms with Gasteiger partial charge in [-0.05, 0) is 36.1 Å². The van der Waals surface area contributed by atoms with Gasteiger partial charge in [-0.25, -0.2) is 0 Å². The van der Waals surface area contributed by atoms with Gasteiger partial charge in [0.15, 0.2) is 0 Å². The normalized spacial score (nSPS) is 15.3. The minimum Gasteiger partial charge on any atom is -0.323 e. The van der Waals surface area contributed by atoms with E-state index in [-0.39, 0.29) is 5.91 Å². The molecule has 1 aromatic heterocycles. The zero-order valence-corrected chi connectivity index (χ0v) is 15.1. The van der Waals surface area contributed by atoms with E-state index in [4.69, 9.17) is 11.6 Å². The largest absolute Gasteiger partial charge is 0.323 e. The van der Waals surface area contributed by atoms with Crippen molar-refractivity contribution in [2.45, 2.75) is 31.2 Å². The number of nitrogens with one attached hydrogen (secondary N) is 1. The molecule has 0 saturated heterocycles. The Bertz CT molecular complexity index is 899. The number of carbonyl (C=O) groups excluding carboxylic acids is 1. The van der Waals surface area contributed by atoms with Crippen LogP contribution >= 0.6 is 11.6 Å². The second-order valence-electron chi connectivity index (χ2n) is 6.81. The molecule has 1 aliphatic rings. The summed E-state index contributed by atoms with van der Waals surface area (Å²) in [6.45, 7) is 0.680. The van der Waals surface area contributed by atoms with Crippen LogP contribution < -0.4 is 5.32 Å². The molecule has 4 rings (SSSR count). The molecule has 0 bridgehead atoms. The van der Waals surface area contributed by atoms with Crippen LogP contribution in [0.3, 0.4) is 0 Å². The zero-order valence-electron chi connectivity index (χ0n) is 14.4. The Morgan fingerprint density at radius 1 is 1.12 bits per heavy atom. The molecule has 1 saturated carbocycles. The number of halogens is 1. The lowest BCUT2D eigenvalue weighted by Crippen LogP contribution is -2.45. The van der Waals surface area contributed by atoms with E-state index in [1.165, 1.54) is 5.56 Å². The fraction of sp³-hybridized carbons (Fsp3) is 0.238. The molecule has 4 nitrogen and oxygen atoms in total. The molecule has 3 aromatic rings. The summed E-state index contributed by atoms with van der Waals surface area (Å²) < 4.78 is 1.83. The van der Waals surface area contributed by atoms with Gasteiger partial charge in [-0.2, -0.15) is 5.10 Å². The maximum Gasteiger partial charge on any atom is 0.235 e. The Kier molecular flexibility index (Phi) is 4.51. The third-order valence-corrected chi connectivity index (χ3v) is 5.37. The Morgan fingerprint density at radius 2 is 1.85 bits per heavy atom. The van der Waals surface area contributed by atoms with Crippen molar-refractivity contribution < 1.29 is 4.79 Å². The predicted octanol–water partition coefficient (Wildman–Crippen LogP) is 4.65. The summed E-state index contributed by atoms with van der Waals surface area (Å²) in [6, 6.07) is 17.7. The first-order valence-corrected chi connectivity index (χ1v) is 9.17. The van der Waals surface area contributed by atoms with Crippen LogP contribution in [0.15, 0.2) is 67.0 Å². The highest BCUT2D eigenvalue weighted by atomic mass is 35.5. The fourth-order valence-corrected chi connectivity index (χ4v) is 3.61. The van der Waals surface area contributed by atoms with E-state index in [0.717, 1.165) is 30.5 Å². The smallest absolute Gasteiger partial charge is 0.235 e. The van der Waals surface area contributed by atoms with Crippen LogP contribution in [0.2, 0.25) is 5.02 Å². The molecule has 0 atom stereocenters. The molecule has 2 aromatic carbocycles. The topological polar surface area (TPSA) is 46.9 Å². The molecular formula is C21H20ClN3O. The van der Waals surface area contributed by atoms with Crippen molar-refractivity contribution in [3.63, 3.8) is 0 Å². The second kappa shape index (κ2) is 6.96. The first kappa shape index (κ1) is 16.9. The van der Waals surface area contributed by atoms with E-state index in [2.05, 4.69) is 22.5 Å². The monoisotopic (exact) mass is 365 g/mol. The third kappa shape index (κ3) is 3.25. The summed E-state index contributed by atoms with van der Waals surface area (Å²) in [5.74, 6) is 0.0327. The van der Waals surface area contributed by atoms with E-state index >= 15 is 0 Å². The molecule has 0 unspecified atom stereocenters. The number of aromatic nitrogens is 2. The maximum absolute atomic E-state index is 13.0. The van der Waals surface area contributed by atoms with Gasteiger partial charge in [-0.3, -0.25) is 9.48 Å². The molecule has 5 heteroatoms. The van der Waals surface area contributed by atoms with Crippen molar-refractivity contribution in [2.24, 2.45) is 0 Å².